The fourth-order valence-electron chi connectivity index (χ4n) is 2.03. The van der Waals surface area contributed by atoms with Crippen molar-refractivity contribution in [2.24, 2.45) is 0 Å². The zero-order valence-corrected chi connectivity index (χ0v) is 13.1. The molecule has 0 atom stereocenters. The number of ether oxygens (including phenoxy) is 2. The van der Waals surface area contributed by atoms with E-state index in [-0.39, 0.29) is 0 Å². The summed E-state index contributed by atoms with van der Waals surface area (Å²) < 4.78 is 10.3. The maximum Gasteiger partial charge on any atom is 0.334 e. The molecule has 0 saturated heterocycles. The first-order valence-electron chi connectivity index (χ1n) is 6.78. The molecule has 0 amide bonds. The van der Waals surface area contributed by atoms with Gasteiger partial charge in [-0.1, -0.05) is 43.5 Å². The van der Waals surface area contributed by atoms with Crippen molar-refractivity contribution in [1.82, 2.24) is 5.32 Å². The van der Waals surface area contributed by atoms with Crippen LogP contribution in [0.25, 0.3) is 0 Å². The number of nitrogens with one attached hydrogen (secondary N) is 1. The van der Waals surface area contributed by atoms with Crippen molar-refractivity contribution in [3.05, 3.63) is 61.2 Å². The molecule has 22 heavy (non-hydrogen) atoms. The predicted octanol–water partition coefficient (Wildman–Crippen LogP) is 2.64. The van der Waals surface area contributed by atoms with E-state index < -0.39 is 23.4 Å². The highest BCUT2D eigenvalue weighted by Gasteiger charge is 2.38. The van der Waals surface area contributed by atoms with Gasteiger partial charge in [-0.25, -0.2) is 14.9 Å². The highest BCUT2D eigenvalue weighted by atomic mass is 16.7. The van der Waals surface area contributed by atoms with E-state index in [1.165, 1.54) is 6.92 Å². The largest absolute Gasteiger partial charge is 0.405 e. The van der Waals surface area contributed by atoms with Gasteiger partial charge >= 0.3 is 17.8 Å². The van der Waals surface area contributed by atoms with E-state index in [4.69, 9.17) is 9.47 Å². The lowest BCUT2D eigenvalue weighted by molar-refractivity contribution is -0.234. The molecular weight excluding hydrogens is 282 g/mol. The van der Waals surface area contributed by atoms with Gasteiger partial charge in [-0.15, -0.1) is 0 Å². The minimum Gasteiger partial charge on any atom is -0.405 e. The highest BCUT2D eigenvalue weighted by molar-refractivity contribution is 5.83. The topological polar surface area (TPSA) is 64.6 Å². The first-order chi connectivity index (χ1) is 10.2. The van der Waals surface area contributed by atoms with Crippen molar-refractivity contribution in [1.29, 1.82) is 0 Å². The lowest BCUT2D eigenvalue weighted by Crippen LogP contribution is -2.56. The summed E-state index contributed by atoms with van der Waals surface area (Å²) in [5.41, 5.74) is 0.310. The van der Waals surface area contributed by atoms with Crippen molar-refractivity contribution in [2.75, 3.05) is 0 Å². The SMILES string of the molecule is C=CC(=O)OC(C)(NC(C)(C)c1ccccc1)OC(=O)C=C. The van der Waals surface area contributed by atoms with Crippen molar-refractivity contribution in [3.63, 3.8) is 0 Å². The van der Waals surface area contributed by atoms with E-state index in [2.05, 4.69) is 18.5 Å². The molecule has 5 nitrogen and oxygen atoms in total. The fourth-order valence-corrected chi connectivity index (χ4v) is 2.03. The van der Waals surface area contributed by atoms with Gasteiger partial charge in [0, 0.05) is 24.6 Å². The van der Waals surface area contributed by atoms with E-state index in [9.17, 15) is 9.59 Å². The summed E-state index contributed by atoms with van der Waals surface area (Å²) in [5.74, 6) is -3.08. The van der Waals surface area contributed by atoms with Crippen LogP contribution in [0.2, 0.25) is 0 Å². The molecule has 0 fully saturated rings. The van der Waals surface area contributed by atoms with Crippen LogP contribution in [0, 0.1) is 0 Å². The fraction of sp³-hybridized carbons (Fsp3) is 0.294. The Balaban J connectivity index is 3.05. The summed E-state index contributed by atoms with van der Waals surface area (Å²) in [4.78, 5) is 23.0. The maximum atomic E-state index is 11.5. The zero-order chi connectivity index (χ0) is 16.8. The van der Waals surface area contributed by atoms with Gasteiger partial charge < -0.3 is 9.47 Å². The minimum atomic E-state index is -1.66. The molecule has 0 heterocycles. The van der Waals surface area contributed by atoms with Gasteiger partial charge in [0.15, 0.2) is 0 Å². The Morgan fingerprint density at radius 2 is 1.45 bits per heavy atom. The van der Waals surface area contributed by atoms with Crippen molar-refractivity contribution < 1.29 is 19.1 Å². The van der Waals surface area contributed by atoms with Crippen LogP contribution in [-0.2, 0) is 24.6 Å². The van der Waals surface area contributed by atoms with E-state index in [0.717, 1.165) is 17.7 Å². The van der Waals surface area contributed by atoms with E-state index >= 15 is 0 Å². The van der Waals surface area contributed by atoms with Gasteiger partial charge in [0.05, 0.1) is 0 Å². The van der Waals surface area contributed by atoms with Gasteiger partial charge in [0.2, 0.25) is 0 Å². The Hall–Kier alpha value is -2.40. The molecule has 0 aliphatic carbocycles. The summed E-state index contributed by atoms with van der Waals surface area (Å²) >= 11 is 0. The maximum absolute atomic E-state index is 11.5. The average Bonchev–Trinajstić information content (AvgIpc) is 2.46. The molecule has 5 heteroatoms. The van der Waals surface area contributed by atoms with Crippen LogP contribution in [0.15, 0.2) is 55.6 Å². The van der Waals surface area contributed by atoms with Crippen LogP contribution in [0.3, 0.4) is 0 Å². The number of benzene rings is 1. The van der Waals surface area contributed by atoms with Gasteiger partial charge in [-0.2, -0.15) is 0 Å². The molecule has 1 aromatic carbocycles. The molecule has 1 aromatic rings. The molecule has 0 aliphatic rings. The van der Waals surface area contributed by atoms with Crippen LogP contribution in [-0.4, -0.2) is 17.8 Å². The van der Waals surface area contributed by atoms with Crippen molar-refractivity contribution >= 4 is 11.9 Å². The van der Waals surface area contributed by atoms with Gasteiger partial charge in [-0.3, -0.25) is 0 Å². The molecule has 0 bridgehead atoms. The van der Waals surface area contributed by atoms with Crippen LogP contribution >= 0.6 is 0 Å². The highest BCUT2D eigenvalue weighted by Crippen LogP contribution is 2.25. The molecule has 0 unspecified atom stereocenters. The molecule has 0 aromatic heterocycles. The third kappa shape index (κ3) is 4.86. The second-order valence-corrected chi connectivity index (χ2v) is 5.31. The molecule has 0 aliphatic heterocycles. The third-order valence-electron chi connectivity index (χ3n) is 2.96. The second-order valence-electron chi connectivity index (χ2n) is 5.31. The molecule has 1 N–H and O–H groups in total. The minimum absolute atomic E-state index is 0.626. The lowest BCUT2D eigenvalue weighted by Gasteiger charge is -2.37. The number of rotatable bonds is 7. The molecule has 0 spiro atoms. The Labute approximate surface area is 130 Å². The molecule has 0 radical (unpaired) electrons. The first-order valence-corrected chi connectivity index (χ1v) is 6.78. The molecule has 0 saturated carbocycles. The third-order valence-corrected chi connectivity index (χ3v) is 2.96. The summed E-state index contributed by atoms with van der Waals surface area (Å²) in [6, 6.07) is 9.51. The summed E-state index contributed by atoms with van der Waals surface area (Å²) in [5, 5.41) is 3.03. The number of carbonyl (C=O) groups excluding carboxylic acids is 2. The first kappa shape index (κ1) is 17.7. The Bertz CT molecular complexity index is 541. The normalized spacial score (nSPS) is 11.4. The van der Waals surface area contributed by atoms with Crippen LogP contribution in [0.1, 0.15) is 26.3 Å². The average molecular weight is 303 g/mol. The monoisotopic (exact) mass is 303 g/mol. The number of esters is 2. The molecule has 1 rings (SSSR count). The lowest BCUT2D eigenvalue weighted by atomic mass is 9.94. The van der Waals surface area contributed by atoms with Crippen LogP contribution in [0.5, 0.6) is 0 Å². The number of hydrogen-bond donors (Lipinski definition) is 1. The molecular formula is C17H21NO4. The Kier molecular flexibility index (Phi) is 5.65. The smallest absolute Gasteiger partial charge is 0.334 e. The second kappa shape index (κ2) is 7.04. The van der Waals surface area contributed by atoms with Gasteiger partial charge in [0.1, 0.15) is 0 Å². The number of carbonyl (C=O) groups is 2. The molecule has 118 valence electrons. The Morgan fingerprint density at radius 3 is 1.86 bits per heavy atom. The summed E-state index contributed by atoms with van der Waals surface area (Å²) in [6.45, 7) is 11.9. The van der Waals surface area contributed by atoms with Crippen molar-refractivity contribution in [2.45, 2.75) is 32.2 Å². The van der Waals surface area contributed by atoms with E-state index in [1.807, 2.05) is 44.2 Å². The van der Waals surface area contributed by atoms with Crippen LogP contribution < -0.4 is 5.32 Å². The predicted molar refractivity (Wildman–Crippen MR) is 83.6 cm³/mol. The van der Waals surface area contributed by atoms with Gasteiger partial charge in [0.25, 0.3) is 0 Å². The standard InChI is InChI=1S/C17H21NO4/c1-6-14(19)21-17(5,22-15(20)7-2)18-16(3,4)13-11-9-8-10-12-13/h6-12,18H,1-2H2,3-5H3. The zero-order valence-electron chi connectivity index (χ0n) is 13.1. The quantitative estimate of drug-likeness (QED) is 0.476. The number of hydrogen-bond acceptors (Lipinski definition) is 5. The van der Waals surface area contributed by atoms with Gasteiger partial charge in [-0.05, 0) is 19.4 Å². The van der Waals surface area contributed by atoms with E-state index in [1.54, 1.807) is 0 Å². The van der Waals surface area contributed by atoms with Crippen LogP contribution in [0.4, 0.5) is 0 Å². The Morgan fingerprint density at radius 1 is 1.00 bits per heavy atom. The van der Waals surface area contributed by atoms with Crippen molar-refractivity contribution in [3.8, 4) is 0 Å². The summed E-state index contributed by atoms with van der Waals surface area (Å²) in [7, 11) is 0. The van der Waals surface area contributed by atoms with E-state index in [0.29, 0.717) is 0 Å². The summed E-state index contributed by atoms with van der Waals surface area (Å²) in [6.07, 6.45) is 1.99.